The van der Waals surface area contributed by atoms with Crippen LogP contribution in [0.4, 0.5) is 11.4 Å². The van der Waals surface area contributed by atoms with Gasteiger partial charge in [0.25, 0.3) is 0 Å². The van der Waals surface area contributed by atoms with Crippen LogP contribution in [-0.4, -0.2) is 49.8 Å². The van der Waals surface area contributed by atoms with Crippen molar-refractivity contribution in [1.82, 2.24) is 0 Å². The normalized spacial score (nSPS) is 11.9. The van der Waals surface area contributed by atoms with Gasteiger partial charge in [0.05, 0.1) is 11.1 Å². The summed E-state index contributed by atoms with van der Waals surface area (Å²) in [6.07, 6.45) is 0. The zero-order valence-corrected chi connectivity index (χ0v) is 16.7. The molecule has 156 valence electrons. The minimum absolute atomic E-state index is 0.130. The fourth-order valence-electron chi connectivity index (χ4n) is 3.28. The van der Waals surface area contributed by atoms with Crippen molar-refractivity contribution < 1.29 is 28.7 Å². The molecule has 2 N–H and O–H groups in total. The molecule has 0 saturated carbocycles. The maximum absolute atomic E-state index is 13.2. The van der Waals surface area contributed by atoms with Crippen LogP contribution in [0.3, 0.4) is 0 Å². The summed E-state index contributed by atoms with van der Waals surface area (Å²) in [5.41, 5.74) is 2.18. The number of esters is 2. The lowest BCUT2D eigenvalue weighted by atomic mass is 9.82. The molecule has 0 heterocycles. The number of fused-ring (bicyclic) bond motifs is 2. The second-order valence-electron chi connectivity index (χ2n) is 6.65. The summed E-state index contributed by atoms with van der Waals surface area (Å²) in [5, 5.41) is 6.14. The number of rotatable bonds is 8. The van der Waals surface area contributed by atoms with Crippen molar-refractivity contribution >= 4 is 34.9 Å². The van der Waals surface area contributed by atoms with Crippen LogP contribution < -0.4 is 10.6 Å². The standard InChI is InChI=1S/C22H22N2O6/c1-13(25)29-11-9-23-17-7-8-18(24-10-12-30-14(2)26)20-19(17)21(27)15-5-3-4-6-16(15)22(20)28/h3-8,23-24H,9-12H2,1-2H3. The fourth-order valence-corrected chi connectivity index (χ4v) is 3.28. The maximum atomic E-state index is 13.2. The first-order chi connectivity index (χ1) is 14.4. The van der Waals surface area contributed by atoms with E-state index >= 15 is 0 Å². The van der Waals surface area contributed by atoms with Gasteiger partial charge >= 0.3 is 11.9 Å². The molecule has 0 saturated heterocycles. The van der Waals surface area contributed by atoms with Crippen molar-refractivity contribution in [2.24, 2.45) is 0 Å². The Morgan fingerprint density at radius 2 is 1.13 bits per heavy atom. The first-order valence-corrected chi connectivity index (χ1v) is 9.50. The molecule has 8 heteroatoms. The van der Waals surface area contributed by atoms with E-state index in [1.165, 1.54) is 13.8 Å². The number of ketones is 2. The lowest BCUT2D eigenvalue weighted by molar-refractivity contribution is -0.141. The van der Waals surface area contributed by atoms with Crippen LogP contribution >= 0.6 is 0 Å². The number of hydrogen-bond donors (Lipinski definition) is 2. The molecule has 0 fully saturated rings. The third-order valence-electron chi connectivity index (χ3n) is 4.52. The Morgan fingerprint density at radius 1 is 0.733 bits per heavy atom. The van der Waals surface area contributed by atoms with Crippen molar-refractivity contribution in [3.8, 4) is 0 Å². The average Bonchev–Trinajstić information content (AvgIpc) is 2.72. The summed E-state index contributed by atoms with van der Waals surface area (Å²) < 4.78 is 9.83. The van der Waals surface area contributed by atoms with Crippen LogP contribution in [-0.2, 0) is 19.1 Å². The Balaban J connectivity index is 1.93. The molecule has 0 spiro atoms. The van der Waals surface area contributed by atoms with Crippen LogP contribution in [0, 0.1) is 0 Å². The van der Waals surface area contributed by atoms with Crippen LogP contribution in [0.25, 0.3) is 0 Å². The SMILES string of the molecule is CC(=O)OCCNc1ccc(NCCOC(C)=O)c2c1C(=O)c1ccccc1C2=O. The van der Waals surface area contributed by atoms with Gasteiger partial charge in [-0.05, 0) is 12.1 Å². The highest BCUT2D eigenvalue weighted by atomic mass is 16.5. The highest BCUT2D eigenvalue weighted by Gasteiger charge is 2.33. The highest BCUT2D eigenvalue weighted by molar-refractivity contribution is 6.31. The van der Waals surface area contributed by atoms with Gasteiger partial charge in [0.15, 0.2) is 11.6 Å². The van der Waals surface area contributed by atoms with Gasteiger partial charge in [-0.15, -0.1) is 0 Å². The van der Waals surface area contributed by atoms with E-state index in [2.05, 4.69) is 10.6 Å². The van der Waals surface area contributed by atoms with E-state index in [-0.39, 0.29) is 49.0 Å². The van der Waals surface area contributed by atoms with E-state index < -0.39 is 11.9 Å². The van der Waals surface area contributed by atoms with Gasteiger partial charge in [-0.2, -0.15) is 0 Å². The lowest BCUT2D eigenvalue weighted by Gasteiger charge is -2.24. The zero-order valence-electron chi connectivity index (χ0n) is 16.7. The fraction of sp³-hybridized carbons (Fsp3) is 0.273. The summed E-state index contributed by atoms with van der Waals surface area (Å²) in [7, 11) is 0. The highest BCUT2D eigenvalue weighted by Crippen LogP contribution is 2.36. The Kier molecular flexibility index (Phi) is 6.46. The van der Waals surface area contributed by atoms with Crippen molar-refractivity contribution in [1.29, 1.82) is 0 Å². The summed E-state index contributed by atoms with van der Waals surface area (Å²) in [6, 6.07) is 10.1. The van der Waals surface area contributed by atoms with Gasteiger partial charge in [-0.3, -0.25) is 19.2 Å². The van der Waals surface area contributed by atoms with E-state index in [1.807, 2.05) is 0 Å². The second kappa shape index (κ2) is 9.21. The molecule has 0 aliphatic heterocycles. The number of ether oxygens (including phenoxy) is 2. The van der Waals surface area contributed by atoms with Gasteiger partial charge in [0.1, 0.15) is 13.2 Å². The second-order valence-corrected chi connectivity index (χ2v) is 6.65. The minimum atomic E-state index is -0.397. The Hall–Kier alpha value is -3.68. The number of hydrogen-bond acceptors (Lipinski definition) is 8. The van der Waals surface area contributed by atoms with Crippen LogP contribution in [0.2, 0.25) is 0 Å². The van der Waals surface area contributed by atoms with Crippen molar-refractivity contribution in [3.05, 3.63) is 58.7 Å². The number of benzene rings is 2. The molecule has 0 unspecified atom stereocenters. The minimum Gasteiger partial charge on any atom is -0.464 e. The molecule has 2 aromatic rings. The van der Waals surface area contributed by atoms with Crippen LogP contribution in [0.1, 0.15) is 45.7 Å². The van der Waals surface area contributed by atoms with Gasteiger partial charge in [0.2, 0.25) is 0 Å². The largest absolute Gasteiger partial charge is 0.464 e. The topological polar surface area (TPSA) is 111 Å². The lowest BCUT2D eigenvalue weighted by Crippen LogP contribution is -2.25. The summed E-state index contributed by atoms with van der Waals surface area (Å²) in [6.45, 7) is 3.47. The summed E-state index contributed by atoms with van der Waals surface area (Å²) >= 11 is 0. The van der Waals surface area contributed by atoms with Crippen molar-refractivity contribution in [3.63, 3.8) is 0 Å². The number of nitrogens with one attached hydrogen (secondary N) is 2. The van der Waals surface area contributed by atoms with Crippen LogP contribution in [0.5, 0.6) is 0 Å². The molecule has 1 aliphatic rings. The van der Waals surface area contributed by atoms with Gasteiger partial charge in [0, 0.05) is 49.4 Å². The molecule has 0 bridgehead atoms. The summed E-state index contributed by atoms with van der Waals surface area (Å²) in [5.74, 6) is -1.32. The van der Waals surface area contributed by atoms with Crippen LogP contribution in [0.15, 0.2) is 36.4 Å². The van der Waals surface area contributed by atoms with E-state index in [0.29, 0.717) is 22.5 Å². The van der Waals surface area contributed by atoms with Crippen molar-refractivity contribution in [2.75, 3.05) is 36.9 Å². The van der Waals surface area contributed by atoms with E-state index in [1.54, 1.807) is 36.4 Å². The van der Waals surface area contributed by atoms with Crippen molar-refractivity contribution in [2.45, 2.75) is 13.8 Å². The van der Waals surface area contributed by atoms with Gasteiger partial charge < -0.3 is 20.1 Å². The molecule has 30 heavy (non-hydrogen) atoms. The number of anilines is 2. The molecule has 0 atom stereocenters. The van der Waals surface area contributed by atoms with E-state index in [0.717, 1.165) is 0 Å². The molecule has 0 amide bonds. The summed E-state index contributed by atoms with van der Waals surface area (Å²) in [4.78, 5) is 48.3. The van der Waals surface area contributed by atoms with Gasteiger partial charge in [-0.1, -0.05) is 24.3 Å². The molecule has 2 aromatic carbocycles. The molecule has 0 aromatic heterocycles. The molecule has 0 radical (unpaired) electrons. The molecular weight excluding hydrogens is 388 g/mol. The Labute approximate surface area is 173 Å². The smallest absolute Gasteiger partial charge is 0.302 e. The average molecular weight is 410 g/mol. The monoisotopic (exact) mass is 410 g/mol. The molecular formula is C22H22N2O6. The number of carbonyl (C=O) groups excluding carboxylic acids is 4. The maximum Gasteiger partial charge on any atom is 0.302 e. The Morgan fingerprint density at radius 3 is 1.50 bits per heavy atom. The first-order valence-electron chi connectivity index (χ1n) is 9.50. The first kappa shape index (κ1) is 21.0. The molecule has 1 aliphatic carbocycles. The third kappa shape index (κ3) is 4.48. The third-order valence-corrected chi connectivity index (χ3v) is 4.52. The van der Waals surface area contributed by atoms with E-state index in [4.69, 9.17) is 9.47 Å². The predicted octanol–water partition coefficient (Wildman–Crippen LogP) is 2.41. The van der Waals surface area contributed by atoms with Gasteiger partial charge in [-0.25, -0.2) is 0 Å². The zero-order chi connectivity index (χ0) is 21.7. The van der Waals surface area contributed by atoms with E-state index in [9.17, 15) is 19.2 Å². The molecule has 3 rings (SSSR count). The predicted molar refractivity (Wildman–Crippen MR) is 110 cm³/mol. The quantitative estimate of drug-likeness (QED) is 0.430. The number of carbonyl (C=O) groups is 4. The molecule has 8 nitrogen and oxygen atoms in total. The Bertz CT molecular complexity index is 935.